The zero-order chi connectivity index (χ0) is 12.1. The average molecular weight is 223 g/mol. The van der Waals surface area contributed by atoms with Gasteiger partial charge >= 0.3 is 0 Å². The normalized spacial score (nSPS) is 22.9. The Kier molecular flexibility index (Phi) is 4.75. The highest BCUT2D eigenvalue weighted by atomic mass is 16.2. The van der Waals surface area contributed by atoms with Crippen LogP contribution in [0.3, 0.4) is 0 Å². The van der Waals surface area contributed by atoms with E-state index < -0.39 is 0 Å². The van der Waals surface area contributed by atoms with Crippen LogP contribution in [0.2, 0.25) is 0 Å². The Morgan fingerprint density at radius 3 is 2.62 bits per heavy atom. The van der Waals surface area contributed by atoms with Gasteiger partial charge in [-0.1, -0.05) is 6.92 Å². The standard InChI is InChI=1S/C12H21N3O/c1-10-7-11(10)8-14(2)9-12(16)15(3)6-4-5-13/h10-11H,4,6-9H2,1-3H3. The maximum Gasteiger partial charge on any atom is 0.236 e. The number of nitriles is 1. The molecular formula is C12H21N3O. The molecule has 16 heavy (non-hydrogen) atoms. The van der Waals surface area contributed by atoms with E-state index in [0.717, 1.165) is 18.4 Å². The number of hydrogen-bond donors (Lipinski definition) is 0. The van der Waals surface area contributed by atoms with E-state index in [-0.39, 0.29) is 5.91 Å². The second-order valence-electron chi connectivity index (χ2n) is 4.89. The van der Waals surface area contributed by atoms with Gasteiger partial charge in [0.1, 0.15) is 0 Å². The SMILES string of the molecule is CC1CC1CN(C)CC(=O)N(C)CCC#N. The first kappa shape index (κ1) is 13.0. The zero-order valence-corrected chi connectivity index (χ0v) is 10.4. The highest BCUT2D eigenvalue weighted by Gasteiger charge is 2.33. The van der Waals surface area contributed by atoms with Gasteiger partial charge < -0.3 is 4.90 Å². The Morgan fingerprint density at radius 2 is 2.12 bits per heavy atom. The largest absolute Gasteiger partial charge is 0.344 e. The first-order chi connectivity index (χ1) is 7.54. The molecule has 0 N–H and O–H groups in total. The van der Waals surface area contributed by atoms with Crippen LogP contribution in [-0.2, 0) is 4.79 Å². The van der Waals surface area contributed by atoms with Gasteiger partial charge in [-0.3, -0.25) is 9.69 Å². The number of hydrogen-bond acceptors (Lipinski definition) is 3. The van der Waals surface area contributed by atoms with Crippen molar-refractivity contribution in [3.05, 3.63) is 0 Å². The predicted octanol–water partition coefficient (Wildman–Crippen LogP) is 0.946. The summed E-state index contributed by atoms with van der Waals surface area (Å²) >= 11 is 0. The highest BCUT2D eigenvalue weighted by Crippen LogP contribution is 2.37. The van der Waals surface area contributed by atoms with Crippen molar-refractivity contribution in [3.8, 4) is 6.07 Å². The second kappa shape index (κ2) is 5.86. The molecule has 0 bridgehead atoms. The van der Waals surface area contributed by atoms with Crippen LogP contribution in [0.4, 0.5) is 0 Å². The average Bonchev–Trinajstić information content (AvgIpc) is 2.90. The molecule has 1 aliphatic rings. The van der Waals surface area contributed by atoms with E-state index >= 15 is 0 Å². The van der Waals surface area contributed by atoms with E-state index in [1.807, 2.05) is 13.1 Å². The molecule has 90 valence electrons. The third kappa shape index (κ3) is 4.19. The van der Waals surface area contributed by atoms with Gasteiger partial charge in [-0.05, 0) is 25.3 Å². The molecule has 0 aromatic carbocycles. The molecule has 1 amide bonds. The van der Waals surface area contributed by atoms with Crippen LogP contribution in [0.25, 0.3) is 0 Å². The Morgan fingerprint density at radius 1 is 1.50 bits per heavy atom. The van der Waals surface area contributed by atoms with E-state index in [9.17, 15) is 4.79 Å². The number of rotatable bonds is 6. The van der Waals surface area contributed by atoms with E-state index in [2.05, 4.69) is 11.8 Å². The molecule has 0 saturated heterocycles. The molecule has 0 aliphatic heterocycles. The van der Waals surface area contributed by atoms with E-state index in [1.54, 1.807) is 11.9 Å². The lowest BCUT2D eigenvalue weighted by Gasteiger charge is -2.21. The van der Waals surface area contributed by atoms with Crippen LogP contribution in [0.5, 0.6) is 0 Å². The molecule has 4 heteroatoms. The molecule has 1 saturated carbocycles. The monoisotopic (exact) mass is 223 g/mol. The Labute approximate surface area is 97.8 Å². The minimum atomic E-state index is 0.103. The Bertz CT molecular complexity index is 284. The van der Waals surface area contributed by atoms with Crippen molar-refractivity contribution >= 4 is 5.91 Å². The van der Waals surface area contributed by atoms with Crippen molar-refractivity contribution in [2.45, 2.75) is 19.8 Å². The minimum absolute atomic E-state index is 0.103. The van der Waals surface area contributed by atoms with Crippen molar-refractivity contribution in [2.24, 2.45) is 11.8 Å². The summed E-state index contributed by atoms with van der Waals surface area (Å²) in [6.07, 6.45) is 1.70. The third-order valence-electron chi connectivity index (χ3n) is 3.21. The molecule has 0 aromatic rings. The molecule has 1 aliphatic carbocycles. The smallest absolute Gasteiger partial charge is 0.236 e. The predicted molar refractivity (Wildman–Crippen MR) is 62.6 cm³/mol. The first-order valence-corrected chi connectivity index (χ1v) is 5.84. The quantitative estimate of drug-likeness (QED) is 0.673. The van der Waals surface area contributed by atoms with Gasteiger partial charge in [0.05, 0.1) is 19.0 Å². The summed E-state index contributed by atoms with van der Waals surface area (Å²) in [5, 5.41) is 8.44. The van der Waals surface area contributed by atoms with Crippen LogP contribution in [0.1, 0.15) is 19.8 Å². The Balaban J connectivity index is 2.19. The number of nitrogens with zero attached hydrogens (tertiary/aromatic N) is 3. The lowest BCUT2D eigenvalue weighted by molar-refractivity contribution is -0.130. The molecule has 0 radical (unpaired) electrons. The van der Waals surface area contributed by atoms with Gasteiger partial charge in [0.25, 0.3) is 0 Å². The van der Waals surface area contributed by atoms with Gasteiger partial charge in [-0.15, -0.1) is 0 Å². The molecule has 1 rings (SSSR count). The van der Waals surface area contributed by atoms with Crippen LogP contribution in [-0.4, -0.2) is 49.4 Å². The van der Waals surface area contributed by atoms with E-state index in [0.29, 0.717) is 19.5 Å². The fourth-order valence-electron chi connectivity index (χ4n) is 1.81. The summed E-state index contributed by atoms with van der Waals surface area (Å²) in [5.74, 6) is 1.71. The second-order valence-corrected chi connectivity index (χ2v) is 4.89. The summed E-state index contributed by atoms with van der Waals surface area (Å²) in [6, 6.07) is 2.05. The number of carbonyl (C=O) groups excluding carboxylic acids is 1. The van der Waals surface area contributed by atoms with Crippen LogP contribution in [0.15, 0.2) is 0 Å². The molecule has 2 atom stereocenters. The van der Waals surface area contributed by atoms with Crippen molar-refractivity contribution in [1.82, 2.24) is 9.80 Å². The van der Waals surface area contributed by atoms with E-state index in [1.165, 1.54) is 6.42 Å². The molecule has 0 heterocycles. The molecule has 0 aromatic heterocycles. The molecule has 4 nitrogen and oxygen atoms in total. The van der Waals surface area contributed by atoms with Gasteiger partial charge in [-0.25, -0.2) is 0 Å². The maximum atomic E-state index is 11.7. The summed E-state index contributed by atoms with van der Waals surface area (Å²) in [7, 11) is 3.74. The minimum Gasteiger partial charge on any atom is -0.344 e. The molecule has 2 unspecified atom stereocenters. The van der Waals surface area contributed by atoms with Crippen molar-refractivity contribution < 1.29 is 4.79 Å². The van der Waals surface area contributed by atoms with Gasteiger partial charge in [-0.2, -0.15) is 5.26 Å². The fraction of sp³-hybridized carbons (Fsp3) is 0.833. The first-order valence-electron chi connectivity index (χ1n) is 5.84. The lowest BCUT2D eigenvalue weighted by atomic mass is 10.3. The molecule has 0 spiro atoms. The fourth-order valence-corrected chi connectivity index (χ4v) is 1.81. The number of carbonyl (C=O) groups is 1. The number of amides is 1. The molecule has 1 fully saturated rings. The van der Waals surface area contributed by atoms with Crippen LogP contribution in [0, 0.1) is 23.2 Å². The highest BCUT2D eigenvalue weighted by molar-refractivity contribution is 5.77. The van der Waals surface area contributed by atoms with Crippen molar-refractivity contribution in [1.29, 1.82) is 5.26 Å². The maximum absolute atomic E-state index is 11.7. The lowest BCUT2D eigenvalue weighted by Crippen LogP contribution is -2.37. The van der Waals surface area contributed by atoms with Gasteiger partial charge in [0.15, 0.2) is 0 Å². The Hall–Kier alpha value is -1.08. The third-order valence-corrected chi connectivity index (χ3v) is 3.21. The summed E-state index contributed by atoms with van der Waals surface area (Å²) in [5.41, 5.74) is 0. The van der Waals surface area contributed by atoms with Crippen molar-refractivity contribution in [3.63, 3.8) is 0 Å². The summed E-state index contributed by atoms with van der Waals surface area (Å²) in [4.78, 5) is 15.4. The van der Waals surface area contributed by atoms with Gasteiger partial charge in [0, 0.05) is 20.1 Å². The van der Waals surface area contributed by atoms with Crippen LogP contribution < -0.4 is 0 Å². The topological polar surface area (TPSA) is 47.3 Å². The summed E-state index contributed by atoms with van der Waals surface area (Å²) in [6.45, 7) is 4.26. The summed E-state index contributed by atoms with van der Waals surface area (Å²) < 4.78 is 0. The van der Waals surface area contributed by atoms with Crippen LogP contribution >= 0.6 is 0 Å². The number of likely N-dealkylation sites (N-methyl/N-ethyl adjacent to an activating group) is 2. The zero-order valence-electron chi connectivity index (χ0n) is 10.4. The van der Waals surface area contributed by atoms with E-state index in [4.69, 9.17) is 5.26 Å². The molecular weight excluding hydrogens is 202 g/mol. The van der Waals surface area contributed by atoms with Gasteiger partial charge in [0.2, 0.25) is 5.91 Å². The van der Waals surface area contributed by atoms with Crippen molar-refractivity contribution in [2.75, 3.05) is 33.7 Å².